The van der Waals surface area contributed by atoms with Crippen molar-refractivity contribution in [3.8, 4) is 0 Å². The van der Waals surface area contributed by atoms with E-state index in [1.54, 1.807) is 55.5 Å². The number of carbonyl (C=O) groups is 3. The summed E-state index contributed by atoms with van der Waals surface area (Å²) < 4.78 is 0. The Morgan fingerprint density at radius 2 is 1.44 bits per heavy atom. The Labute approximate surface area is 163 Å². The van der Waals surface area contributed by atoms with E-state index in [-0.39, 0.29) is 30.2 Å². The van der Waals surface area contributed by atoms with Crippen molar-refractivity contribution in [2.45, 2.75) is 19.4 Å². The van der Waals surface area contributed by atoms with Gasteiger partial charge in [0.2, 0.25) is 5.91 Å². The minimum absolute atomic E-state index is 0.156. The molecule has 0 aliphatic rings. The number of hydrogen-bond acceptors (Lipinski definition) is 3. The zero-order valence-corrected chi connectivity index (χ0v) is 15.8. The van der Waals surface area contributed by atoms with E-state index in [0.717, 1.165) is 0 Å². The lowest BCUT2D eigenvalue weighted by atomic mass is 10.1. The molecule has 2 rings (SSSR count). The maximum absolute atomic E-state index is 12.0. The highest BCUT2D eigenvalue weighted by molar-refractivity contribution is 6.30. The maximum atomic E-state index is 12.0. The summed E-state index contributed by atoms with van der Waals surface area (Å²) >= 11 is 5.78. The first-order chi connectivity index (χ1) is 13.0. The molecule has 0 aliphatic carbocycles. The van der Waals surface area contributed by atoms with Crippen molar-refractivity contribution in [3.63, 3.8) is 0 Å². The number of benzene rings is 2. The van der Waals surface area contributed by atoms with Gasteiger partial charge in [0, 0.05) is 41.7 Å². The third-order valence-electron chi connectivity index (χ3n) is 3.74. The van der Waals surface area contributed by atoms with E-state index in [0.29, 0.717) is 29.2 Å². The van der Waals surface area contributed by atoms with Crippen molar-refractivity contribution < 1.29 is 14.4 Å². The van der Waals surface area contributed by atoms with Crippen molar-refractivity contribution in [1.82, 2.24) is 16.0 Å². The summed E-state index contributed by atoms with van der Waals surface area (Å²) in [5, 5.41) is 8.77. The molecule has 0 bridgehead atoms. The smallest absolute Gasteiger partial charge is 0.251 e. The molecule has 27 heavy (non-hydrogen) atoms. The van der Waals surface area contributed by atoms with Crippen LogP contribution in [0.25, 0.3) is 0 Å². The zero-order valence-electron chi connectivity index (χ0n) is 15.0. The summed E-state index contributed by atoms with van der Waals surface area (Å²) in [6, 6.07) is 15.1. The highest BCUT2D eigenvalue weighted by Gasteiger charge is 2.13. The molecule has 0 aromatic heterocycles. The molecule has 3 amide bonds. The van der Waals surface area contributed by atoms with Crippen LogP contribution in [0.4, 0.5) is 0 Å². The average Bonchev–Trinajstić information content (AvgIpc) is 2.66. The van der Waals surface area contributed by atoms with Crippen LogP contribution in [0.15, 0.2) is 54.6 Å². The first-order valence-electron chi connectivity index (χ1n) is 8.62. The van der Waals surface area contributed by atoms with Gasteiger partial charge >= 0.3 is 0 Å². The molecular weight excluding hydrogens is 366 g/mol. The normalized spacial score (nSPS) is 11.3. The second-order valence-corrected chi connectivity index (χ2v) is 6.49. The Balaban J connectivity index is 1.64. The van der Waals surface area contributed by atoms with Gasteiger partial charge < -0.3 is 16.0 Å². The van der Waals surface area contributed by atoms with Gasteiger partial charge in [0.1, 0.15) is 0 Å². The van der Waals surface area contributed by atoms with Gasteiger partial charge in [-0.3, -0.25) is 14.4 Å². The highest BCUT2D eigenvalue weighted by atomic mass is 35.5. The third-order valence-corrected chi connectivity index (χ3v) is 4.00. The van der Waals surface area contributed by atoms with Crippen LogP contribution in [0.3, 0.4) is 0 Å². The molecule has 0 heterocycles. The molecule has 7 heteroatoms. The average molecular weight is 388 g/mol. The second kappa shape index (κ2) is 10.3. The predicted molar refractivity (Wildman–Crippen MR) is 105 cm³/mol. The molecule has 0 spiro atoms. The molecule has 1 unspecified atom stereocenters. The number of rotatable bonds is 8. The van der Waals surface area contributed by atoms with Gasteiger partial charge in [0.05, 0.1) is 0 Å². The summed E-state index contributed by atoms with van der Waals surface area (Å²) in [5.74, 6) is -0.646. The lowest BCUT2D eigenvalue weighted by molar-refractivity contribution is -0.121. The largest absolute Gasteiger partial charge is 0.354 e. The van der Waals surface area contributed by atoms with Crippen molar-refractivity contribution in [1.29, 1.82) is 0 Å². The number of carbonyl (C=O) groups excluding carboxylic acids is 3. The number of amides is 3. The summed E-state index contributed by atoms with van der Waals surface area (Å²) in [6.07, 6.45) is 0.156. The van der Waals surface area contributed by atoms with Gasteiger partial charge in [-0.15, -0.1) is 0 Å². The van der Waals surface area contributed by atoms with Crippen molar-refractivity contribution in [2.24, 2.45) is 0 Å². The van der Waals surface area contributed by atoms with E-state index in [4.69, 9.17) is 11.6 Å². The fourth-order valence-corrected chi connectivity index (χ4v) is 2.51. The number of hydrogen-bond donors (Lipinski definition) is 3. The Morgan fingerprint density at radius 1 is 0.852 bits per heavy atom. The Morgan fingerprint density at radius 3 is 2.11 bits per heavy atom. The molecule has 0 saturated carbocycles. The van der Waals surface area contributed by atoms with Crippen molar-refractivity contribution in [2.75, 3.05) is 13.1 Å². The van der Waals surface area contributed by atoms with Crippen LogP contribution in [-0.4, -0.2) is 36.9 Å². The first-order valence-corrected chi connectivity index (χ1v) is 9.00. The number of halogens is 1. The molecule has 3 N–H and O–H groups in total. The molecule has 1 atom stereocenters. The van der Waals surface area contributed by atoms with Gasteiger partial charge in [-0.05, 0) is 43.3 Å². The lowest BCUT2D eigenvalue weighted by Crippen LogP contribution is -2.39. The summed E-state index contributed by atoms with van der Waals surface area (Å²) in [7, 11) is 0. The van der Waals surface area contributed by atoms with Crippen LogP contribution in [0.5, 0.6) is 0 Å². The molecule has 6 nitrogen and oxygen atoms in total. The third kappa shape index (κ3) is 7.11. The van der Waals surface area contributed by atoms with E-state index in [1.807, 2.05) is 6.07 Å². The van der Waals surface area contributed by atoms with Gasteiger partial charge in [0.25, 0.3) is 11.8 Å². The van der Waals surface area contributed by atoms with E-state index in [2.05, 4.69) is 16.0 Å². The molecule has 0 aliphatic heterocycles. The summed E-state index contributed by atoms with van der Waals surface area (Å²) in [4.78, 5) is 35.9. The van der Waals surface area contributed by atoms with Crippen LogP contribution in [-0.2, 0) is 4.79 Å². The molecule has 2 aromatic carbocycles. The van der Waals surface area contributed by atoms with Crippen LogP contribution >= 0.6 is 11.6 Å². The quantitative estimate of drug-likeness (QED) is 0.608. The zero-order chi connectivity index (χ0) is 19.6. The summed E-state index contributed by atoms with van der Waals surface area (Å²) in [5.41, 5.74) is 1.05. The standard InChI is InChI=1S/C20H22ClN3O3/c1-14(24-20(27)15-5-3-2-4-6-15)13-18(25)22-11-12-23-19(26)16-7-9-17(21)10-8-16/h2-10,14H,11-13H2,1H3,(H,22,25)(H,23,26)(H,24,27). The minimum atomic E-state index is -0.304. The highest BCUT2D eigenvalue weighted by Crippen LogP contribution is 2.09. The van der Waals surface area contributed by atoms with Gasteiger partial charge in [0.15, 0.2) is 0 Å². The monoisotopic (exact) mass is 387 g/mol. The van der Waals surface area contributed by atoms with Crippen molar-refractivity contribution >= 4 is 29.3 Å². The number of nitrogens with one attached hydrogen (secondary N) is 3. The van der Waals surface area contributed by atoms with E-state index in [1.165, 1.54) is 0 Å². The Hall–Kier alpha value is -2.86. The van der Waals surface area contributed by atoms with Crippen LogP contribution in [0.2, 0.25) is 5.02 Å². The Kier molecular flexibility index (Phi) is 7.82. The fourth-order valence-electron chi connectivity index (χ4n) is 2.38. The van der Waals surface area contributed by atoms with E-state index in [9.17, 15) is 14.4 Å². The molecular formula is C20H22ClN3O3. The molecule has 0 saturated heterocycles. The van der Waals surface area contributed by atoms with Crippen LogP contribution in [0, 0.1) is 0 Å². The SMILES string of the molecule is CC(CC(=O)NCCNC(=O)c1ccc(Cl)cc1)NC(=O)c1ccccc1. The maximum Gasteiger partial charge on any atom is 0.251 e. The topological polar surface area (TPSA) is 87.3 Å². The Bertz CT molecular complexity index is 779. The minimum Gasteiger partial charge on any atom is -0.354 e. The fraction of sp³-hybridized carbons (Fsp3) is 0.250. The van der Waals surface area contributed by atoms with Gasteiger partial charge in [-0.2, -0.15) is 0 Å². The molecule has 0 radical (unpaired) electrons. The van der Waals surface area contributed by atoms with E-state index < -0.39 is 0 Å². The second-order valence-electron chi connectivity index (χ2n) is 6.06. The molecule has 142 valence electrons. The predicted octanol–water partition coefficient (Wildman–Crippen LogP) is 2.39. The molecule has 0 fully saturated rings. The van der Waals surface area contributed by atoms with Gasteiger partial charge in [-0.1, -0.05) is 29.8 Å². The lowest BCUT2D eigenvalue weighted by Gasteiger charge is -2.14. The van der Waals surface area contributed by atoms with E-state index >= 15 is 0 Å². The first kappa shape index (κ1) is 20.5. The molecule has 2 aromatic rings. The van der Waals surface area contributed by atoms with Crippen LogP contribution in [0.1, 0.15) is 34.1 Å². The van der Waals surface area contributed by atoms with Crippen molar-refractivity contribution in [3.05, 3.63) is 70.7 Å². The van der Waals surface area contributed by atoms with Gasteiger partial charge in [-0.25, -0.2) is 0 Å². The summed E-state index contributed by atoms with van der Waals surface area (Å²) in [6.45, 7) is 2.37. The van der Waals surface area contributed by atoms with Crippen LogP contribution < -0.4 is 16.0 Å².